The van der Waals surface area contributed by atoms with E-state index in [1.54, 1.807) is 6.07 Å². The van der Waals surface area contributed by atoms with Gasteiger partial charge in [0.05, 0.1) is 16.8 Å². The smallest absolute Gasteiger partial charge is 0.339 e. The number of aromatic amines is 1. The Labute approximate surface area is 182 Å². The number of hydrogen-bond donors (Lipinski definition) is 2. The summed E-state index contributed by atoms with van der Waals surface area (Å²) in [6.07, 6.45) is 4.51. The Kier molecular flexibility index (Phi) is 5.92. The van der Waals surface area contributed by atoms with Crippen LogP contribution in [0.25, 0.3) is 11.2 Å². The van der Waals surface area contributed by atoms with Crippen LogP contribution in [-0.2, 0) is 9.53 Å². The molecule has 32 heavy (non-hydrogen) atoms. The number of carbonyl (C=O) groups excluding carboxylic acids is 2. The van der Waals surface area contributed by atoms with Gasteiger partial charge in [0.2, 0.25) is 0 Å². The summed E-state index contributed by atoms with van der Waals surface area (Å²) < 4.78 is 5.23. The average molecular weight is 439 g/mol. The number of piperidine rings is 1. The van der Waals surface area contributed by atoms with Crippen molar-refractivity contribution in [1.82, 2.24) is 19.9 Å². The fourth-order valence-corrected chi connectivity index (χ4v) is 3.56. The minimum Gasteiger partial charge on any atom is -0.449 e. The van der Waals surface area contributed by atoms with Crippen LogP contribution in [0.15, 0.2) is 30.9 Å². The van der Waals surface area contributed by atoms with Gasteiger partial charge in [-0.05, 0) is 38.3 Å². The minimum atomic E-state index is -1.17. The number of nitrogens with zero attached hydrogens (tertiary/aromatic N) is 5. The fraction of sp³-hybridized carbons (Fsp3) is 0.350. The first kappa shape index (κ1) is 21.2. The Bertz CT molecular complexity index is 1170. The normalized spacial score (nSPS) is 14.7. The molecule has 3 aromatic rings. The minimum absolute atomic E-state index is 0.00453. The molecular weight excluding hydrogens is 418 g/mol. The van der Waals surface area contributed by atoms with Gasteiger partial charge in [0, 0.05) is 19.2 Å². The van der Waals surface area contributed by atoms with Crippen LogP contribution in [0.1, 0.15) is 36.5 Å². The number of esters is 1. The lowest BCUT2D eigenvalue weighted by molar-refractivity contribution is -0.384. The van der Waals surface area contributed by atoms with Crippen molar-refractivity contribution in [2.75, 3.05) is 23.3 Å². The second kappa shape index (κ2) is 8.96. The van der Waals surface area contributed by atoms with Crippen molar-refractivity contribution >= 4 is 40.2 Å². The van der Waals surface area contributed by atoms with E-state index in [0.717, 1.165) is 32.4 Å². The first-order chi connectivity index (χ1) is 15.4. The van der Waals surface area contributed by atoms with Crippen LogP contribution < -0.4 is 10.2 Å². The third kappa shape index (κ3) is 4.33. The SMILES string of the molecule is CC(OC(=O)c1ccc(N2CCCCC2)c([N+](=O)[O-])c1)C(=O)Nc1ncnc2nc[nH]c12. The van der Waals surface area contributed by atoms with Crippen molar-refractivity contribution in [3.05, 3.63) is 46.5 Å². The molecule has 12 nitrogen and oxygen atoms in total. The van der Waals surface area contributed by atoms with Crippen LogP contribution >= 0.6 is 0 Å². The highest BCUT2D eigenvalue weighted by molar-refractivity contribution is 6.00. The predicted molar refractivity (Wildman–Crippen MR) is 114 cm³/mol. The molecule has 0 bridgehead atoms. The predicted octanol–water partition coefficient (Wildman–Crippen LogP) is 2.44. The first-order valence-corrected chi connectivity index (χ1v) is 10.1. The van der Waals surface area contributed by atoms with Gasteiger partial charge in [-0.15, -0.1) is 0 Å². The molecule has 1 unspecified atom stereocenters. The van der Waals surface area contributed by atoms with Gasteiger partial charge in [-0.2, -0.15) is 0 Å². The maximum atomic E-state index is 12.6. The molecule has 2 aromatic heterocycles. The van der Waals surface area contributed by atoms with Gasteiger partial charge in [-0.3, -0.25) is 14.9 Å². The Morgan fingerprint density at radius 2 is 2.00 bits per heavy atom. The number of ether oxygens (including phenoxy) is 1. The fourth-order valence-electron chi connectivity index (χ4n) is 3.56. The van der Waals surface area contributed by atoms with Crippen LogP contribution in [0.4, 0.5) is 17.2 Å². The number of nitro benzene ring substituents is 1. The topological polar surface area (TPSA) is 156 Å². The van der Waals surface area contributed by atoms with Crippen LogP contribution in [0.2, 0.25) is 0 Å². The number of H-pyrrole nitrogens is 1. The van der Waals surface area contributed by atoms with Gasteiger partial charge < -0.3 is 19.9 Å². The highest BCUT2D eigenvalue weighted by Gasteiger charge is 2.25. The molecule has 4 rings (SSSR count). The van der Waals surface area contributed by atoms with Crippen molar-refractivity contribution in [3.63, 3.8) is 0 Å². The van der Waals surface area contributed by atoms with E-state index in [4.69, 9.17) is 4.74 Å². The maximum absolute atomic E-state index is 12.6. The summed E-state index contributed by atoms with van der Waals surface area (Å²) in [5, 5.41) is 14.2. The molecule has 12 heteroatoms. The number of carbonyl (C=O) groups is 2. The van der Waals surface area contributed by atoms with E-state index in [-0.39, 0.29) is 17.1 Å². The van der Waals surface area contributed by atoms with E-state index in [0.29, 0.717) is 16.9 Å². The summed E-state index contributed by atoms with van der Waals surface area (Å²) in [6.45, 7) is 2.86. The standard InChI is InChI=1S/C20H21N7O5/c1-12(19(28)25-18-16-17(22-10-21-16)23-11-24-18)32-20(29)13-5-6-14(15(9-13)27(30)31)26-7-3-2-4-8-26/h5-6,9-12H,2-4,7-8H2,1H3,(H2,21,22,23,24,25,28). The number of nitro groups is 1. The van der Waals surface area contributed by atoms with Crippen LogP contribution in [0.5, 0.6) is 0 Å². The molecule has 1 fully saturated rings. The molecule has 1 atom stereocenters. The number of rotatable bonds is 6. The van der Waals surface area contributed by atoms with Gasteiger partial charge in [0.1, 0.15) is 17.5 Å². The second-order valence-electron chi connectivity index (χ2n) is 7.37. The van der Waals surface area contributed by atoms with E-state index in [1.807, 2.05) is 4.90 Å². The van der Waals surface area contributed by atoms with Crippen LogP contribution in [0, 0.1) is 10.1 Å². The third-order valence-corrected chi connectivity index (χ3v) is 5.22. The van der Waals surface area contributed by atoms with E-state index in [1.165, 1.54) is 31.7 Å². The molecule has 1 aromatic carbocycles. The number of benzene rings is 1. The molecule has 1 aliphatic rings. The van der Waals surface area contributed by atoms with E-state index in [2.05, 4.69) is 25.3 Å². The zero-order valence-electron chi connectivity index (χ0n) is 17.3. The number of amides is 1. The van der Waals surface area contributed by atoms with E-state index >= 15 is 0 Å². The molecule has 1 aliphatic heterocycles. The summed E-state index contributed by atoms with van der Waals surface area (Å²) in [5.74, 6) is -1.26. The summed E-state index contributed by atoms with van der Waals surface area (Å²) in [4.78, 5) is 52.8. The number of aromatic nitrogens is 4. The summed E-state index contributed by atoms with van der Waals surface area (Å²) in [6, 6.07) is 4.22. The summed E-state index contributed by atoms with van der Waals surface area (Å²) >= 11 is 0. The Morgan fingerprint density at radius 1 is 1.22 bits per heavy atom. The average Bonchev–Trinajstić information content (AvgIpc) is 3.29. The second-order valence-corrected chi connectivity index (χ2v) is 7.37. The lowest BCUT2D eigenvalue weighted by Gasteiger charge is -2.28. The molecule has 3 heterocycles. The van der Waals surface area contributed by atoms with Crippen molar-refractivity contribution in [2.45, 2.75) is 32.3 Å². The number of nitrogens with one attached hydrogen (secondary N) is 2. The number of hydrogen-bond acceptors (Lipinski definition) is 9. The van der Waals surface area contributed by atoms with Gasteiger partial charge in [-0.1, -0.05) is 0 Å². The largest absolute Gasteiger partial charge is 0.449 e. The lowest BCUT2D eigenvalue weighted by atomic mass is 10.1. The van der Waals surface area contributed by atoms with Crippen molar-refractivity contribution in [2.24, 2.45) is 0 Å². The first-order valence-electron chi connectivity index (χ1n) is 10.1. The molecule has 0 saturated carbocycles. The van der Waals surface area contributed by atoms with Gasteiger partial charge in [0.25, 0.3) is 11.6 Å². The van der Waals surface area contributed by atoms with Gasteiger partial charge >= 0.3 is 5.97 Å². The molecule has 166 valence electrons. The number of anilines is 2. The zero-order valence-corrected chi connectivity index (χ0v) is 17.3. The quantitative estimate of drug-likeness (QED) is 0.334. The van der Waals surface area contributed by atoms with Crippen LogP contribution in [-0.4, -0.2) is 55.9 Å². The highest BCUT2D eigenvalue weighted by Crippen LogP contribution is 2.31. The summed E-state index contributed by atoms with van der Waals surface area (Å²) in [5.41, 5.74) is 1.12. The van der Waals surface area contributed by atoms with E-state index < -0.39 is 22.9 Å². The molecule has 2 N–H and O–H groups in total. The highest BCUT2D eigenvalue weighted by atomic mass is 16.6. The Hall–Kier alpha value is -4.09. The molecule has 0 aliphatic carbocycles. The molecular formula is C20H21N7O5. The number of fused-ring (bicyclic) bond motifs is 1. The van der Waals surface area contributed by atoms with Gasteiger partial charge in [-0.25, -0.2) is 19.7 Å². The maximum Gasteiger partial charge on any atom is 0.339 e. The molecule has 0 radical (unpaired) electrons. The third-order valence-electron chi connectivity index (χ3n) is 5.22. The molecule has 1 saturated heterocycles. The van der Waals surface area contributed by atoms with Crippen molar-refractivity contribution in [3.8, 4) is 0 Å². The lowest BCUT2D eigenvalue weighted by Crippen LogP contribution is -2.31. The monoisotopic (exact) mass is 439 g/mol. The van der Waals surface area contributed by atoms with E-state index in [9.17, 15) is 19.7 Å². The Balaban J connectivity index is 1.46. The molecule has 0 spiro atoms. The number of imidazole rings is 1. The van der Waals surface area contributed by atoms with Crippen LogP contribution in [0.3, 0.4) is 0 Å². The molecule has 1 amide bonds. The van der Waals surface area contributed by atoms with Gasteiger partial charge in [0.15, 0.2) is 17.6 Å². The van der Waals surface area contributed by atoms with Crippen molar-refractivity contribution in [1.29, 1.82) is 0 Å². The van der Waals surface area contributed by atoms with Crippen molar-refractivity contribution < 1.29 is 19.2 Å². The summed E-state index contributed by atoms with van der Waals surface area (Å²) in [7, 11) is 0. The Morgan fingerprint density at radius 3 is 2.75 bits per heavy atom. The zero-order chi connectivity index (χ0) is 22.7.